The van der Waals surface area contributed by atoms with Crippen LogP contribution < -0.4 is 5.32 Å². The predicted molar refractivity (Wildman–Crippen MR) is 49.2 cm³/mol. The van der Waals surface area contributed by atoms with E-state index in [1.807, 2.05) is 0 Å². The Balaban J connectivity index is 2.80. The fraction of sp³-hybridized carbons (Fsp3) is 1.00. The van der Waals surface area contributed by atoms with E-state index < -0.39 is 11.7 Å². The van der Waals surface area contributed by atoms with Crippen molar-refractivity contribution in [2.24, 2.45) is 0 Å². The van der Waals surface area contributed by atoms with Crippen molar-refractivity contribution in [1.82, 2.24) is 10.2 Å². The first-order chi connectivity index (χ1) is 6.41. The summed E-state index contributed by atoms with van der Waals surface area (Å²) >= 11 is 0. The number of rotatable bonds is 2. The third-order valence-corrected chi connectivity index (χ3v) is 2.74. The molecule has 1 aliphatic heterocycles. The number of likely N-dealkylation sites (tertiary alicyclic amines) is 1. The number of hydrogen-bond acceptors (Lipinski definition) is 2. The first kappa shape index (κ1) is 11.8. The fourth-order valence-electron chi connectivity index (χ4n) is 2.08. The van der Waals surface area contributed by atoms with Crippen LogP contribution in [0.3, 0.4) is 0 Å². The van der Waals surface area contributed by atoms with E-state index in [4.69, 9.17) is 0 Å². The highest BCUT2D eigenvalue weighted by molar-refractivity contribution is 4.99. The Hall–Kier alpha value is -0.290. The Kier molecular flexibility index (Phi) is 3.42. The minimum absolute atomic E-state index is 0.0599. The number of halogens is 3. The lowest BCUT2D eigenvalue weighted by Crippen LogP contribution is -2.64. The standard InChI is InChI=1S/C9H17F3N2/c1-3-13-8(9(10,11)12)5-4-6-14(2)7-8/h13H,3-7H2,1-2H3. The second kappa shape index (κ2) is 4.06. The second-order valence-corrected chi connectivity index (χ2v) is 3.95. The molecular weight excluding hydrogens is 193 g/mol. The third kappa shape index (κ3) is 2.20. The van der Waals surface area contributed by atoms with E-state index in [0.29, 0.717) is 13.0 Å². The molecule has 0 spiro atoms. The van der Waals surface area contributed by atoms with Crippen molar-refractivity contribution in [2.45, 2.75) is 31.5 Å². The molecule has 0 aliphatic carbocycles. The number of alkyl halides is 3. The molecule has 0 aromatic carbocycles. The van der Waals surface area contributed by atoms with Gasteiger partial charge in [0.25, 0.3) is 0 Å². The van der Waals surface area contributed by atoms with Crippen LogP contribution in [-0.4, -0.2) is 43.3 Å². The summed E-state index contributed by atoms with van der Waals surface area (Å²) in [7, 11) is 1.73. The summed E-state index contributed by atoms with van der Waals surface area (Å²) in [6.45, 7) is 2.88. The Bertz CT molecular complexity index is 189. The average molecular weight is 210 g/mol. The van der Waals surface area contributed by atoms with Crippen LogP contribution in [0.25, 0.3) is 0 Å². The van der Waals surface area contributed by atoms with Crippen LogP contribution >= 0.6 is 0 Å². The third-order valence-electron chi connectivity index (χ3n) is 2.74. The zero-order chi connectivity index (χ0) is 10.8. The number of hydrogen-bond donors (Lipinski definition) is 1. The maximum absolute atomic E-state index is 12.9. The molecular formula is C9H17F3N2. The topological polar surface area (TPSA) is 15.3 Å². The zero-order valence-corrected chi connectivity index (χ0v) is 8.62. The van der Waals surface area contributed by atoms with Gasteiger partial charge in [-0.25, -0.2) is 0 Å². The quantitative estimate of drug-likeness (QED) is 0.745. The highest BCUT2D eigenvalue weighted by Gasteiger charge is 2.55. The van der Waals surface area contributed by atoms with Gasteiger partial charge in [-0.15, -0.1) is 0 Å². The van der Waals surface area contributed by atoms with Crippen LogP contribution in [0.2, 0.25) is 0 Å². The van der Waals surface area contributed by atoms with Crippen molar-refractivity contribution in [2.75, 3.05) is 26.7 Å². The van der Waals surface area contributed by atoms with Crippen LogP contribution in [0.1, 0.15) is 19.8 Å². The lowest BCUT2D eigenvalue weighted by Gasteiger charge is -2.43. The Morgan fingerprint density at radius 2 is 2.07 bits per heavy atom. The normalized spacial score (nSPS) is 30.6. The van der Waals surface area contributed by atoms with Crippen LogP contribution in [0, 0.1) is 0 Å². The van der Waals surface area contributed by atoms with E-state index in [1.54, 1.807) is 18.9 Å². The SMILES string of the molecule is CCNC1(C(F)(F)F)CCCN(C)C1. The summed E-state index contributed by atoms with van der Waals surface area (Å²) in [4.78, 5) is 1.74. The first-order valence-corrected chi connectivity index (χ1v) is 4.91. The van der Waals surface area contributed by atoms with Gasteiger partial charge in [-0.2, -0.15) is 13.2 Å². The summed E-state index contributed by atoms with van der Waals surface area (Å²) in [5.41, 5.74) is -1.69. The smallest absolute Gasteiger partial charge is 0.304 e. The molecule has 1 heterocycles. The second-order valence-electron chi connectivity index (χ2n) is 3.95. The Labute approximate surface area is 82.5 Å². The van der Waals surface area contributed by atoms with Crippen molar-refractivity contribution in [3.05, 3.63) is 0 Å². The zero-order valence-electron chi connectivity index (χ0n) is 8.62. The van der Waals surface area contributed by atoms with Crippen molar-refractivity contribution >= 4 is 0 Å². The number of piperidine rings is 1. The van der Waals surface area contributed by atoms with Crippen LogP contribution in [-0.2, 0) is 0 Å². The molecule has 14 heavy (non-hydrogen) atoms. The number of nitrogens with zero attached hydrogens (tertiary/aromatic N) is 1. The maximum Gasteiger partial charge on any atom is 0.407 e. The minimum atomic E-state index is -4.16. The highest BCUT2D eigenvalue weighted by Crippen LogP contribution is 2.36. The summed E-state index contributed by atoms with van der Waals surface area (Å²) in [5.74, 6) is 0. The van der Waals surface area contributed by atoms with Crippen molar-refractivity contribution in [3.63, 3.8) is 0 Å². The Morgan fingerprint density at radius 1 is 1.43 bits per heavy atom. The van der Waals surface area contributed by atoms with Crippen LogP contribution in [0.4, 0.5) is 13.2 Å². The number of likely N-dealkylation sites (N-methyl/N-ethyl adjacent to an activating group) is 2. The summed E-state index contributed by atoms with van der Waals surface area (Å²) in [6, 6.07) is 0. The van der Waals surface area contributed by atoms with Gasteiger partial charge in [0.2, 0.25) is 0 Å². The molecule has 0 saturated carbocycles. The summed E-state index contributed by atoms with van der Waals surface area (Å²) < 4.78 is 38.6. The molecule has 1 saturated heterocycles. The largest absolute Gasteiger partial charge is 0.407 e. The molecule has 1 unspecified atom stereocenters. The van der Waals surface area contributed by atoms with E-state index in [1.165, 1.54) is 0 Å². The molecule has 0 bridgehead atoms. The molecule has 0 radical (unpaired) electrons. The van der Waals surface area contributed by atoms with Gasteiger partial charge in [-0.05, 0) is 33.0 Å². The van der Waals surface area contributed by atoms with Gasteiger partial charge in [0.1, 0.15) is 5.54 Å². The van der Waals surface area contributed by atoms with Crippen molar-refractivity contribution < 1.29 is 13.2 Å². The molecule has 0 aromatic rings. The molecule has 1 atom stereocenters. The summed E-state index contributed by atoms with van der Waals surface area (Å²) in [5, 5.41) is 2.60. The maximum atomic E-state index is 12.9. The average Bonchev–Trinajstić information content (AvgIpc) is 2.02. The molecule has 0 aromatic heterocycles. The van der Waals surface area contributed by atoms with Crippen molar-refractivity contribution in [1.29, 1.82) is 0 Å². The van der Waals surface area contributed by atoms with E-state index >= 15 is 0 Å². The molecule has 1 fully saturated rings. The van der Waals surface area contributed by atoms with E-state index in [2.05, 4.69) is 5.32 Å². The lowest BCUT2D eigenvalue weighted by molar-refractivity contribution is -0.208. The Morgan fingerprint density at radius 3 is 2.50 bits per heavy atom. The van der Waals surface area contributed by atoms with Gasteiger partial charge >= 0.3 is 6.18 Å². The first-order valence-electron chi connectivity index (χ1n) is 4.91. The monoisotopic (exact) mass is 210 g/mol. The molecule has 5 heteroatoms. The van der Waals surface area contributed by atoms with Gasteiger partial charge < -0.3 is 10.2 Å². The summed E-state index contributed by atoms with van der Waals surface area (Å²) in [6.07, 6.45) is -3.37. The van der Waals surface area contributed by atoms with Crippen LogP contribution in [0.15, 0.2) is 0 Å². The molecule has 1 N–H and O–H groups in total. The molecule has 2 nitrogen and oxygen atoms in total. The van der Waals surface area contributed by atoms with Gasteiger partial charge in [0.15, 0.2) is 0 Å². The number of nitrogens with one attached hydrogen (secondary N) is 1. The van der Waals surface area contributed by atoms with Gasteiger partial charge in [-0.3, -0.25) is 0 Å². The minimum Gasteiger partial charge on any atom is -0.304 e. The van der Waals surface area contributed by atoms with E-state index in [9.17, 15) is 13.2 Å². The molecule has 1 rings (SSSR count). The molecule has 1 aliphatic rings. The predicted octanol–water partition coefficient (Wildman–Crippen LogP) is 1.62. The molecule has 84 valence electrons. The van der Waals surface area contributed by atoms with Crippen LogP contribution in [0.5, 0.6) is 0 Å². The van der Waals surface area contributed by atoms with Gasteiger partial charge in [0.05, 0.1) is 0 Å². The fourth-order valence-corrected chi connectivity index (χ4v) is 2.08. The lowest BCUT2D eigenvalue weighted by atomic mass is 9.88. The van der Waals surface area contributed by atoms with Gasteiger partial charge in [0, 0.05) is 6.54 Å². The van der Waals surface area contributed by atoms with Crippen molar-refractivity contribution in [3.8, 4) is 0 Å². The highest BCUT2D eigenvalue weighted by atomic mass is 19.4. The van der Waals surface area contributed by atoms with Gasteiger partial charge in [-0.1, -0.05) is 6.92 Å². The molecule has 0 amide bonds. The van der Waals surface area contributed by atoms with E-state index in [-0.39, 0.29) is 13.0 Å². The van der Waals surface area contributed by atoms with E-state index in [0.717, 1.165) is 6.54 Å².